The fourth-order valence-corrected chi connectivity index (χ4v) is 2.25. The van der Waals surface area contributed by atoms with E-state index in [1.807, 2.05) is 22.6 Å². The molecule has 0 heterocycles. The number of benzene rings is 1. The number of hydrogen-bond acceptors (Lipinski definition) is 2. The van der Waals surface area contributed by atoms with Crippen LogP contribution >= 0.6 is 34.2 Å². The molecule has 0 saturated carbocycles. The number of aliphatic carboxylic acids is 1. The third-order valence-corrected chi connectivity index (χ3v) is 3.25. The van der Waals surface area contributed by atoms with Gasteiger partial charge < -0.3 is 10.4 Å². The zero-order valence-corrected chi connectivity index (χ0v) is 11.7. The number of rotatable bonds is 4. The molecule has 1 atom stereocenters. The molecule has 0 saturated heterocycles. The highest BCUT2D eigenvalue weighted by Crippen LogP contribution is 2.28. The molecule has 8 heteroatoms. The predicted molar refractivity (Wildman–Crippen MR) is 69.8 cm³/mol. The molecule has 0 amide bonds. The molecule has 3 nitrogen and oxygen atoms in total. The van der Waals surface area contributed by atoms with Gasteiger partial charge in [-0.1, -0.05) is 11.6 Å². The summed E-state index contributed by atoms with van der Waals surface area (Å²) < 4.78 is 37.8. The number of alkyl halides is 3. The number of carbonyl (C=O) groups is 1. The highest BCUT2D eigenvalue weighted by molar-refractivity contribution is 14.1. The van der Waals surface area contributed by atoms with Gasteiger partial charge in [0.15, 0.2) is 5.92 Å². The van der Waals surface area contributed by atoms with Gasteiger partial charge in [0.25, 0.3) is 0 Å². The smallest absolute Gasteiger partial charge is 0.403 e. The second-order valence-electron chi connectivity index (χ2n) is 3.44. The van der Waals surface area contributed by atoms with E-state index < -0.39 is 24.6 Å². The first-order chi connectivity index (χ1) is 8.21. The van der Waals surface area contributed by atoms with Crippen LogP contribution in [0, 0.1) is 9.49 Å². The molecule has 2 N–H and O–H groups in total. The van der Waals surface area contributed by atoms with E-state index in [4.69, 9.17) is 16.7 Å². The molecular formula is C10H8ClF3INO2. The Kier molecular flexibility index (Phi) is 5.09. The number of hydrogen-bond donors (Lipinski definition) is 2. The van der Waals surface area contributed by atoms with Crippen molar-refractivity contribution in [3.05, 3.63) is 26.8 Å². The van der Waals surface area contributed by atoms with Crippen LogP contribution in [0.1, 0.15) is 0 Å². The van der Waals surface area contributed by atoms with Gasteiger partial charge in [-0.3, -0.25) is 4.79 Å². The van der Waals surface area contributed by atoms with Crippen molar-refractivity contribution in [2.75, 3.05) is 11.9 Å². The lowest BCUT2D eigenvalue weighted by molar-refractivity contribution is -0.190. The highest BCUT2D eigenvalue weighted by atomic mass is 127. The topological polar surface area (TPSA) is 49.3 Å². The van der Waals surface area contributed by atoms with Gasteiger partial charge in [-0.2, -0.15) is 13.2 Å². The zero-order valence-electron chi connectivity index (χ0n) is 8.76. The maximum absolute atomic E-state index is 12.4. The van der Waals surface area contributed by atoms with Gasteiger partial charge in [-0.05, 0) is 40.8 Å². The average molecular weight is 394 g/mol. The monoisotopic (exact) mass is 393 g/mol. The average Bonchev–Trinajstić information content (AvgIpc) is 2.18. The third kappa shape index (κ3) is 4.20. The van der Waals surface area contributed by atoms with Crippen molar-refractivity contribution in [2.45, 2.75) is 6.18 Å². The quantitative estimate of drug-likeness (QED) is 0.768. The van der Waals surface area contributed by atoms with Crippen LogP contribution in [0.15, 0.2) is 18.2 Å². The summed E-state index contributed by atoms with van der Waals surface area (Å²) in [5.41, 5.74) is 0.413. The first-order valence-electron chi connectivity index (χ1n) is 4.70. The molecule has 1 aromatic carbocycles. The highest BCUT2D eigenvalue weighted by Gasteiger charge is 2.44. The molecule has 1 aromatic rings. The van der Waals surface area contributed by atoms with Crippen LogP contribution in [0.25, 0.3) is 0 Å². The lowest BCUT2D eigenvalue weighted by atomic mass is 10.1. The van der Waals surface area contributed by atoms with E-state index in [0.717, 1.165) is 0 Å². The van der Waals surface area contributed by atoms with E-state index in [1.54, 1.807) is 6.07 Å². The van der Waals surface area contributed by atoms with Gasteiger partial charge in [0.2, 0.25) is 0 Å². The Morgan fingerprint density at radius 1 is 1.50 bits per heavy atom. The Labute approximate surface area is 119 Å². The Balaban J connectivity index is 2.77. The van der Waals surface area contributed by atoms with Crippen LogP contribution in [0.2, 0.25) is 5.02 Å². The minimum absolute atomic E-state index is 0.413. The predicted octanol–water partition coefficient (Wildman–Crippen LogP) is 3.62. The van der Waals surface area contributed by atoms with E-state index in [9.17, 15) is 18.0 Å². The van der Waals surface area contributed by atoms with Crippen LogP contribution in [0.4, 0.5) is 18.9 Å². The summed E-state index contributed by atoms with van der Waals surface area (Å²) in [5.74, 6) is -4.34. The molecule has 100 valence electrons. The normalized spacial score (nSPS) is 13.2. The Bertz CT molecular complexity index is 453. The van der Waals surface area contributed by atoms with E-state index in [0.29, 0.717) is 14.3 Å². The maximum Gasteiger partial charge on any atom is 0.403 e. The van der Waals surface area contributed by atoms with Crippen molar-refractivity contribution in [3.8, 4) is 0 Å². The summed E-state index contributed by atoms with van der Waals surface area (Å²) in [6, 6.07) is 4.57. The maximum atomic E-state index is 12.4. The zero-order chi connectivity index (χ0) is 13.9. The first-order valence-corrected chi connectivity index (χ1v) is 6.16. The van der Waals surface area contributed by atoms with Crippen molar-refractivity contribution in [2.24, 2.45) is 5.92 Å². The molecule has 1 rings (SSSR count). The molecule has 1 unspecified atom stereocenters. The van der Waals surface area contributed by atoms with Crippen molar-refractivity contribution < 1.29 is 23.1 Å². The van der Waals surface area contributed by atoms with Crippen LogP contribution in [0.3, 0.4) is 0 Å². The summed E-state index contributed by atoms with van der Waals surface area (Å²) >= 11 is 7.59. The van der Waals surface area contributed by atoms with E-state index in [2.05, 4.69) is 5.32 Å². The molecule has 0 radical (unpaired) electrons. The number of carboxylic acid groups (broad SMARTS) is 1. The number of anilines is 1. The summed E-state index contributed by atoms with van der Waals surface area (Å²) in [6.07, 6.45) is -4.78. The Hall–Kier alpha value is -0.700. The largest absolute Gasteiger partial charge is 0.481 e. The van der Waals surface area contributed by atoms with E-state index in [1.165, 1.54) is 12.1 Å². The van der Waals surface area contributed by atoms with E-state index in [-0.39, 0.29) is 0 Å². The summed E-state index contributed by atoms with van der Waals surface area (Å²) in [4.78, 5) is 10.5. The van der Waals surface area contributed by atoms with Crippen molar-refractivity contribution in [1.82, 2.24) is 0 Å². The molecule has 0 aliphatic rings. The molecule has 0 aliphatic carbocycles. The number of halogens is 5. The number of carboxylic acids is 1. The lowest BCUT2D eigenvalue weighted by Gasteiger charge is -2.17. The molecule has 0 bridgehead atoms. The van der Waals surface area contributed by atoms with Crippen LogP contribution in [-0.4, -0.2) is 23.8 Å². The third-order valence-electron chi connectivity index (χ3n) is 2.12. The van der Waals surface area contributed by atoms with Crippen molar-refractivity contribution in [1.29, 1.82) is 0 Å². The Morgan fingerprint density at radius 2 is 2.11 bits per heavy atom. The van der Waals surface area contributed by atoms with Crippen LogP contribution in [-0.2, 0) is 4.79 Å². The van der Waals surface area contributed by atoms with Gasteiger partial charge in [-0.15, -0.1) is 0 Å². The minimum Gasteiger partial charge on any atom is -0.481 e. The second kappa shape index (κ2) is 5.96. The van der Waals surface area contributed by atoms with Gasteiger partial charge >= 0.3 is 12.1 Å². The minimum atomic E-state index is -4.78. The fraction of sp³-hybridized carbons (Fsp3) is 0.300. The fourth-order valence-electron chi connectivity index (χ4n) is 1.19. The molecule has 0 spiro atoms. The summed E-state index contributed by atoms with van der Waals surface area (Å²) in [5, 5.41) is 11.4. The van der Waals surface area contributed by atoms with Gasteiger partial charge in [0.1, 0.15) is 0 Å². The van der Waals surface area contributed by atoms with Crippen molar-refractivity contribution >= 4 is 45.8 Å². The van der Waals surface area contributed by atoms with Gasteiger partial charge in [0, 0.05) is 20.8 Å². The standard InChI is InChI=1S/C10H8ClF3INO2/c11-5-1-2-8(7(15)3-5)16-4-6(9(17)18)10(12,13)14/h1-3,6,16H,4H2,(H,17,18). The first kappa shape index (κ1) is 15.4. The van der Waals surface area contributed by atoms with Crippen LogP contribution in [0.5, 0.6) is 0 Å². The second-order valence-corrected chi connectivity index (χ2v) is 5.04. The lowest BCUT2D eigenvalue weighted by Crippen LogP contribution is -2.36. The van der Waals surface area contributed by atoms with Crippen molar-refractivity contribution in [3.63, 3.8) is 0 Å². The molecule has 0 aromatic heterocycles. The van der Waals surface area contributed by atoms with Crippen LogP contribution < -0.4 is 5.32 Å². The summed E-state index contributed by atoms with van der Waals surface area (Å²) in [7, 11) is 0. The molecule has 0 aliphatic heterocycles. The Morgan fingerprint density at radius 3 is 2.56 bits per heavy atom. The summed E-state index contributed by atoms with van der Waals surface area (Å²) in [6.45, 7) is -0.726. The SMILES string of the molecule is O=C(O)C(CNc1ccc(Cl)cc1I)C(F)(F)F. The molecular weight excluding hydrogens is 385 g/mol. The number of nitrogens with one attached hydrogen (secondary N) is 1. The molecule has 18 heavy (non-hydrogen) atoms. The van der Waals surface area contributed by atoms with E-state index >= 15 is 0 Å². The van der Waals surface area contributed by atoms with Gasteiger partial charge in [-0.25, -0.2) is 0 Å². The molecule has 0 fully saturated rings. The van der Waals surface area contributed by atoms with Gasteiger partial charge in [0.05, 0.1) is 0 Å².